The van der Waals surface area contributed by atoms with Crippen LogP contribution in [-0.4, -0.2) is 51.0 Å². The molecule has 2 N–H and O–H groups in total. The Labute approximate surface area is 83.1 Å². The van der Waals surface area contributed by atoms with Gasteiger partial charge in [-0.15, -0.1) is 0 Å². The molecule has 5 heteroatoms. The fourth-order valence-electron chi connectivity index (χ4n) is 1.76. The first-order valence-corrected chi connectivity index (χ1v) is 4.96. The summed E-state index contributed by atoms with van der Waals surface area (Å²) in [4.78, 5) is 11.5. The first-order chi connectivity index (χ1) is 6.81. The van der Waals surface area contributed by atoms with Crippen LogP contribution in [0, 0.1) is 0 Å². The molecule has 2 heterocycles. The zero-order valence-corrected chi connectivity index (χ0v) is 8.29. The van der Waals surface area contributed by atoms with Crippen LogP contribution in [0.4, 0.5) is 0 Å². The van der Waals surface area contributed by atoms with Gasteiger partial charge >= 0.3 is 0 Å². The van der Waals surface area contributed by atoms with Gasteiger partial charge in [0.25, 0.3) is 0 Å². The largest absolute Gasteiger partial charge is 0.378 e. The number of hydrogen-bond donors (Lipinski definition) is 2. The molecule has 5 nitrogen and oxygen atoms in total. The monoisotopic (exact) mass is 200 g/mol. The van der Waals surface area contributed by atoms with Crippen LogP contribution in [0.3, 0.4) is 0 Å². The highest BCUT2D eigenvalue weighted by molar-refractivity contribution is 5.81. The number of carbonyl (C=O) groups is 1. The van der Waals surface area contributed by atoms with Crippen molar-refractivity contribution in [2.24, 2.45) is 0 Å². The normalized spacial score (nSPS) is 36.5. The highest BCUT2D eigenvalue weighted by atomic mass is 16.5. The van der Waals surface area contributed by atoms with Crippen LogP contribution >= 0.6 is 0 Å². The van der Waals surface area contributed by atoms with E-state index in [9.17, 15) is 4.79 Å². The average Bonchev–Trinajstić information content (AvgIpc) is 2.48. The van der Waals surface area contributed by atoms with Crippen LogP contribution in [-0.2, 0) is 14.3 Å². The third-order valence-electron chi connectivity index (χ3n) is 2.78. The van der Waals surface area contributed by atoms with Crippen LogP contribution in [0.2, 0.25) is 0 Å². The number of ether oxygens (including phenoxy) is 2. The summed E-state index contributed by atoms with van der Waals surface area (Å²) >= 11 is 0. The Bertz CT molecular complexity index is 218. The molecule has 2 aliphatic heterocycles. The maximum Gasteiger partial charge on any atom is 0.249 e. The van der Waals surface area contributed by atoms with Crippen molar-refractivity contribution in [2.45, 2.75) is 24.7 Å². The lowest BCUT2D eigenvalue weighted by atomic mass is 10.1. The van der Waals surface area contributed by atoms with Crippen molar-refractivity contribution >= 4 is 5.91 Å². The van der Waals surface area contributed by atoms with E-state index in [0.29, 0.717) is 6.61 Å². The van der Waals surface area contributed by atoms with Crippen LogP contribution in [0.5, 0.6) is 0 Å². The second kappa shape index (κ2) is 4.25. The molecular formula is C9H16N2O3. The highest BCUT2D eigenvalue weighted by Crippen LogP contribution is 2.12. The summed E-state index contributed by atoms with van der Waals surface area (Å²) in [6, 6.07) is 0.0803. The molecule has 2 rings (SSSR count). The third kappa shape index (κ3) is 1.89. The number of amides is 1. The number of methoxy groups -OCH3 is 1. The zero-order valence-electron chi connectivity index (χ0n) is 8.29. The molecule has 2 saturated heterocycles. The Balaban J connectivity index is 1.80. The molecule has 0 aromatic rings. The van der Waals surface area contributed by atoms with Crippen molar-refractivity contribution in [1.82, 2.24) is 10.6 Å². The lowest BCUT2D eigenvalue weighted by Crippen LogP contribution is -2.50. The molecule has 2 fully saturated rings. The Hall–Kier alpha value is -0.650. The summed E-state index contributed by atoms with van der Waals surface area (Å²) in [7, 11) is 1.66. The predicted molar refractivity (Wildman–Crippen MR) is 50.0 cm³/mol. The van der Waals surface area contributed by atoms with Gasteiger partial charge in [0.2, 0.25) is 5.91 Å². The highest BCUT2D eigenvalue weighted by Gasteiger charge is 2.32. The second-order valence-corrected chi connectivity index (χ2v) is 3.70. The molecule has 0 aromatic heterocycles. The molecule has 1 unspecified atom stereocenters. The molecule has 3 atom stereocenters. The van der Waals surface area contributed by atoms with Crippen molar-refractivity contribution in [2.75, 3.05) is 26.8 Å². The van der Waals surface area contributed by atoms with E-state index in [4.69, 9.17) is 9.47 Å². The van der Waals surface area contributed by atoms with Crippen LogP contribution in [0.15, 0.2) is 0 Å². The summed E-state index contributed by atoms with van der Waals surface area (Å²) in [6.07, 6.45) is 0.691. The molecule has 0 aliphatic carbocycles. The quantitative estimate of drug-likeness (QED) is 0.606. The van der Waals surface area contributed by atoms with E-state index in [0.717, 1.165) is 19.5 Å². The van der Waals surface area contributed by atoms with Gasteiger partial charge in [-0.3, -0.25) is 4.79 Å². The van der Waals surface area contributed by atoms with Gasteiger partial charge in [0, 0.05) is 26.6 Å². The minimum absolute atomic E-state index is 0.00741. The smallest absolute Gasteiger partial charge is 0.249 e. The van der Waals surface area contributed by atoms with Crippen molar-refractivity contribution in [1.29, 1.82) is 0 Å². The molecule has 80 valence electrons. The summed E-state index contributed by atoms with van der Waals surface area (Å²) in [5.74, 6) is -0.00741. The molecule has 0 saturated carbocycles. The first kappa shape index (κ1) is 9.89. The SMILES string of the molecule is CO[C@H]1CNC[C@@H]1NC(=O)C1CCO1. The molecule has 0 spiro atoms. The Morgan fingerprint density at radius 1 is 1.57 bits per heavy atom. The lowest BCUT2D eigenvalue weighted by Gasteiger charge is -2.27. The van der Waals surface area contributed by atoms with E-state index in [1.165, 1.54) is 0 Å². The number of hydrogen-bond acceptors (Lipinski definition) is 4. The van der Waals surface area contributed by atoms with Gasteiger partial charge in [-0.2, -0.15) is 0 Å². The van der Waals surface area contributed by atoms with Crippen LogP contribution < -0.4 is 10.6 Å². The van der Waals surface area contributed by atoms with E-state index in [1.54, 1.807) is 7.11 Å². The van der Waals surface area contributed by atoms with Gasteiger partial charge in [-0.25, -0.2) is 0 Å². The van der Waals surface area contributed by atoms with Crippen molar-refractivity contribution in [3.05, 3.63) is 0 Å². The van der Waals surface area contributed by atoms with E-state index in [-0.39, 0.29) is 24.2 Å². The van der Waals surface area contributed by atoms with Gasteiger partial charge in [0.15, 0.2) is 0 Å². The topological polar surface area (TPSA) is 59.6 Å². The lowest BCUT2D eigenvalue weighted by molar-refractivity contribution is -0.146. The zero-order chi connectivity index (χ0) is 9.97. The van der Waals surface area contributed by atoms with Gasteiger partial charge in [-0.05, 0) is 0 Å². The summed E-state index contributed by atoms with van der Waals surface area (Å²) in [6.45, 7) is 2.28. The minimum atomic E-state index is -0.229. The van der Waals surface area contributed by atoms with E-state index in [1.807, 2.05) is 0 Å². The Morgan fingerprint density at radius 3 is 2.93 bits per heavy atom. The Morgan fingerprint density at radius 2 is 2.36 bits per heavy atom. The van der Waals surface area contributed by atoms with Crippen LogP contribution in [0.25, 0.3) is 0 Å². The number of rotatable bonds is 3. The van der Waals surface area contributed by atoms with E-state index in [2.05, 4.69) is 10.6 Å². The summed E-state index contributed by atoms with van der Waals surface area (Å²) < 4.78 is 10.3. The molecule has 0 radical (unpaired) electrons. The summed E-state index contributed by atoms with van der Waals surface area (Å²) in [5, 5.41) is 6.10. The second-order valence-electron chi connectivity index (χ2n) is 3.70. The van der Waals surface area contributed by atoms with Gasteiger partial charge in [0.1, 0.15) is 6.10 Å². The molecular weight excluding hydrogens is 184 g/mol. The fourth-order valence-corrected chi connectivity index (χ4v) is 1.76. The van der Waals surface area contributed by atoms with Gasteiger partial charge in [0.05, 0.1) is 18.8 Å². The minimum Gasteiger partial charge on any atom is -0.378 e. The maximum atomic E-state index is 11.5. The predicted octanol–water partition coefficient (Wildman–Crippen LogP) is -1.12. The first-order valence-electron chi connectivity index (χ1n) is 4.96. The van der Waals surface area contributed by atoms with Gasteiger partial charge < -0.3 is 20.1 Å². The average molecular weight is 200 g/mol. The molecule has 0 aromatic carbocycles. The molecule has 0 bridgehead atoms. The number of carbonyl (C=O) groups excluding carboxylic acids is 1. The molecule has 2 aliphatic rings. The summed E-state index contributed by atoms with van der Waals surface area (Å²) in [5.41, 5.74) is 0. The van der Waals surface area contributed by atoms with E-state index >= 15 is 0 Å². The Kier molecular flexibility index (Phi) is 3.00. The van der Waals surface area contributed by atoms with E-state index < -0.39 is 0 Å². The standard InChI is InChI=1S/C9H16N2O3/c1-13-8-5-10-4-6(8)11-9(12)7-2-3-14-7/h6-8,10H,2-5H2,1H3,(H,11,12)/t6-,7?,8-/m0/s1. The number of nitrogens with one attached hydrogen (secondary N) is 2. The van der Waals surface area contributed by atoms with Crippen LogP contribution in [0.1, 0.15) is 6.42 Å². The molecule has 14 heavy (non-hydrogen) atoms. The van der Waals surface area contributed by atoms with Crippen molar-refractivity contribution < 1.29 is 14.3 Å². The van der Waals surface area contributed by atoms with Crippen molar-refractivity contribution in [3.63, 3.8) is 0 Å². The van der Waals surface area contributed by atoms with Crippen molar-refractivity contribution in [3.8, 4) is 0 Å². The van der Waals surface area contributed by atoms with Gasteiger partial charge in [-0.1, -0.05) is 0 Å². The fraction of sp³-hybridized carbons (Fsp3) is 0.889. The third-order valence-corrected chi connectivity index (χ3v) is 2.78. The maximum absolute atomic E-state index is 11.5. The molecule has 1 amide bonds.